The minimum Gasteiger partial charge on any atom is -0.466 e. The van der Waals surface area contributed by atoms with Gasteiger partial charge in [-0.15, -0.1) is 0 Å². The summed E-state index contributed by atoms with van der Waals surface area (Å²) < 4.78 is 9.94. The molecule has 6 nitrogen and oxygen atoms in total. The molecule has 2 N–H and O–H groups in total. The van der Waals surface area contributed by atoms with Crippen molar-refractivity contribution in [2.45, 2.75) is 32.9 Å². The Kier molecular flexibility index (Phi) is 8.67. The van der Waals surface area contributed by atoms with E-state index in [2.05, 4.69) is 10.6 Å². The predicted molar refractivity (Wildman–Crippen MR) is 83.3 cm³/mol. The van der Waals surface area contributed by atoms with Crippen molar-refractivity contribution in [3.63, 3.8) is 0 Å². The number of carbonyl (C=O) groups is 2. The summed E-state index contributed by atoms with van der Waals surface area (Å²) in [6, 6.07) is 9.40. The van der Waals surface area contributed by atoms with E-state index in [1.165, 1.54) is 0 Å². The predicted octanol–water partition coefficient (Wildman–Crippen LogP) is 1.84. The molecule has 0 aliphatic carbocycles. The molecular formula is C16H24N2O4. The molecule has 0 saturated heterocycles. The van der Waals surface area contributed by atoms with Gasteiger partial charge in [0, 0.05) is 19.1 Å². The maximum Gasteiger partial charge on any atom is 0.407 e. The van der Waals surface area contributed by atoms with Gasteiger partial charge in [-0.2, -0.15) is 0 Å². The minimum atomic E-state index is -0.455. The Labute approximate surface area is 131 Å². The van der Waals surface area contributed by atoms with Gasteiger partial charge in [0.25, 0.3) is 0 Å². The Hall–Kier alpha value is -2.08. The smallest absolute Gasteiger partial charge is 0.407 e. The van der Waals surface area contributed by atoms with Crippen molar-refractivity contribution in [2.75, 3.05) is 19.7 Å². The third kappa shape index (κ3) is 8.26. The molecule has 0 spiro atoms. The topological polar surface area (TPSA) is 76.7 Å². The molecule has 0 aromatic heterocycles. The van der Waals surface area contributed by atoms with Crippen LogP contribution in [0, 0.1) is 0 Å². The van der Waals surface area contributed by atoms with Crippen LogP contribution in [0.2, 0.25) is 0 Å². The molecule has 0 bridgehead atoms. The summed E-state index contributed by atoms with van der Waals surface area (Å²) in [6.45, 7) is 5.35. The fourth-order valence-electron chi connectivity index (χ4n) is 1.76. The Bertz CT molecular complexity index is 451. The molecule has 0 aliphatic heterocycles. The van der Waals surface area contributed by atoms with Crippen molar-refractivity contribution in [1.29, 1.82) is 0 Å². The lowest BCUT2D eigenvalue weighted by molar-refractivity contribution is -0.142. The van der Waals surface area contributed by atoms with Gasteiger partial charge in [-0.05, 0) is 19.4 Å². The number of hydrogen-bond acceptors (Lipinski definition) is 5. The lowest BCUT2D eigenvalue weighted by Crippen LogP contribution is -2.40. The van der Waals surface area contributed by atoms with E-state index < -0.39 is 6.09 Å². The van der Waals surface area contributed by atoms with Gasteiger partial charge in [-0.3, -0.25) is 4.79 Å². The van der Waals surface area contributed by atoms with Crippen molar-refractivity contribution in [3.8, 4) is 0 Å². The second-order valence-electron chi connectivity index (χ2n) is 4.87. The van der Waals surface area contributed by atoms with Gasteiger partial charge in [0.2, 0.25) is 0 Å². The van der Waals surface area contributed by atoms with Crippen LogP contribution in [0.5, 0.6) is 0 Å². The first-order chi connectivity index (χ1) is 10.6. The number of alkyl carbamates (subject to hydrolysis) is 1. The zero-order valence-electron chi connectivity index (χ0n) is 13.1. The van der Waals surface area contributed by atoms with Crippen LogP contribution in [-0.2, 0) is 20.9 Å². The molecule has 1 amide bonds. The molecule has 1 rings (SSSR count). The summed E-state index contributed by atoms with van der Waals surface area (Å²) >= 11 is 0. The molecule has 0 saturated carbocycles. The lowest BCUT2D eigenvalue weighted by Gasteiger charge is -2.14. The van der Waals surface area contributed by atoms with Gasteiger partial charge >= 0.3 is 12.1 Å². The molecule has 0 aliphatic rings. The van der Waals surface area contributed by atoms with E-state index >= 15 is 0 Å². The molecule has 6 heteroatoms. The Balaban J connectivity index is 2.09. The average molecular weight is 308 g/mol. The maximum absolute atomic E-state index is 11.6. The Morgan fingerprint density at radius 3 is 2.59 bits per heavy atom. The summed E-state index contributed by atoms with van der Waals surface area (Å²) in [7, 11) is 0. The molecule has 0 fully saturated rings. The number of ether oxygens (including phenoxy) is 2. The lowest BCUT2D eigenvalue weighted by atomic mass is 10.2. The quantitative estimate of drug-likeness (QED) is 0.538. The summed E-state index contributed by atoms with van der Waals surface area (Å²) in [4.78, 5) is 22.8. The fourth-order valence-corrected chi connectivity index (χ4v) is 1.76. The number of benzene rings is 1. The van der Waals surface area contributed by atoms with Crippen LogP contribution < -0.4 is 10.6 Å². The highest BCUT2D eigenvalue weighted by Crippen LogP contribution is 2.00. The molecule has 122 valence electrons. The molecule has 1 aromatic rings. The first kappa shape index (κ1) is 18.0. The van der Waals surface area contributed by atoms with Crippen molar-refractivity contribution in [2.24, 2.45) is 0 Å². The van der Waals surface area contributed by atoms with Crippen molar-refractivity contribution in [3.05, 3.63) is 35.9 Å². The monoisotopic (exact) mass is 308 g/mol. The molecule has 1 aromatic carbocycles. The van der Waals surface area contributed by atoms with Crippen molar-refractivity contribution >= 4 is 12.1 Å². The van der Waals surface area contributed by atoms with Crippen molar-refractivity contribution in [1.82, 2.24) is 10.6 Å². The highest BCUT2D eigenvalue weighted by Gasteiger charge is 2.08. The van der Waals surface area contributed by atoms with Crippen LogP contribution in [0.1, 0.15) is 25.8 Å². The molecular weight excluding hydrogens is 284 g/mol. The molecule has 0 radical (unpaired) electrons. The summed E-state index contributed by atoms with van der Waals surface area (Å²) in [5.41, 5.74) is 0.942. The number of amides is 1. The number of rotatable bonds is 9. The number of carbonyl (C=O) groups excluding carboxylic acids is 2. The Morgan fingerprint density at radius 2 is 1.91 bits per heavy atom. The molecule has 0 unspecified atom stereocenters. The van der Waals surface area contributed by atoms with Crippen LogP contribution >= 0.6 is 0 Å². The fraction of sp³-hybridized carbons (Fsp3) is 0.500. The average Bonchev–Trinajstić information content (AvgIpc) is 2.51. The van der Waals surface area contributed by atoms with E-state index in [1.807, 2.05) is 37.3 Å². The first-order valence-electron chi connectivity index (χ1n) is 7.45. The van der Waals surface area contributed by atoms with E-state index in [0.29, 0.717) is 26.1 Å². The Morgan fingerprint density at radius 1 is 1.18 bits per heavy atom. The summed E-state index contributed by atoms with van der Waals surface area (Å²) in [5, 5.41) is 5.81. The zero-order chi connectivity index (χ0) is 16.2. The highest BCUT2D eigenvalue weighted by atomic mass is 16.5. The largest absolute Gasteiger partial charge is 0.466 e. The summed E-state index contributed by atoms with van der Waals surface area (Å²) in [5.74, 6) is -0.224. The number of esters is 1. The third-order valence-electron chi connectivity index (χ3n) is 2.84. The molecule has 0 heterocycles. The number of nitrogens with one attached hydrogen (secondary N) is 2. The maximum atomic E-state index is 11.6. The van der Waals surface area contributed by atoms with E-state index in [1.54, 1.807) is 6.92 Å². The van der Waals surface area contributed by atoms with Crippen LogP contribution in [0.3, 0.4) is 0 Å². The van der Waals surface area contributed by atoms with Gasteiger partial charge in [0.15, 0.2) is 0 Å². The van der Waals surface area contributed by atoms with E-state index in [4.69, 9.17) is 9.47 Å². The zero-order valence-corrected chi connectivity index (χ0v) is 13.1. The van der Waals surface area contributed by atoms with Crippen LogP contribution in [0.25, 0.3) is 0 Å². The minimum absolute atomic E-state index is 0.0922. The summed E-state index contributed by atoms with van der Waals surface area (Å²) in [6.07, 6.45) is -0.137. The first-order valence-corrected chi connectivity index (χ1v) is 7.45. The van der Waals surface area contributed by atoms with E-state index in [0.717, 1.165) is 5.56 Å². The van der Waals surface area contributed by atoms with Gasteiger partial charge < -0.3 is 20.1 Å². The second-order valence-corrected chi connectivity index (χ2v) is 4.87. The normalized spacial score (nSPS) is 11.5. The van der Waals surface area contributed by atoms with Crippen molar-refractivity contribution < 1.29 is 19.1 Å². The number of hydrogen-bond donors (Lipinski definition) is 2. The molecule has 22 heavy (non-hydrogen) atoms. The molecule has 1 atom stereocenters. The van der Waals surface area contributed by atoms with Crippen LogP contribution in [0.4, 0.5) is 4.79 Å². The van der Waals surface area contributed by atoms with E-state index in [-0.39, 0.29) is 18.6 Å². The second kappa shape index (κ2) is 10.6. The SMILES string of the molecule is CCOC(=O)CCNC[C@@H](C)NC(=O)OCc1ccccc1. The van der Waals surface area contributed by atoms with E-state index in [9.17, 15) is 9.59 Å². The van der Waals surface area contributed by atoms with Crippen LogP contribution in [0.15, 0.2) is 30.3 Å². The van der Waals surface area contributed by atoms with Gasteiger partial charge in [-0.25, -0.2) is 4.79 Å². The van der Waals surface area contributed by atoms with Crippen LogP contribution in [-0.4, -0.2) is 37.8 Å². The standard InChI is InChI=1S/C16H24N2O4/c1-3-21-15(19)9-10-17-11-13(2)18-16(20)22-12-14-7-5-4-6-8-14/h4-8,13,17H,3,9-12H2,1-2H3,(H,18,20)/t13-/m1/s1. The van der Waals surface area contributed by atoms with Gasteiger partial charge in [0.1, 0.15) is 6.61 Å². The van der Waals surface area contributed by atoms with Gasteiger partial charge in [0.05, 0.1) is 13.0 Å². The highest BCUT2D eigenvalue weighted by molar-refractivity contribution is 5.69. The third-order valence-corrected chi connectivity index (χ3v) is 2.84. The van der Waals surface area contributed by atoms with Gasteiger partial charge in [-0.1, -0.05) is 30.3 Å².